The van der Waals surface area contributed by atoms with Crippen LogP contribution in [0.25, 0.3) is 0 Å². The van der Waals surface area contributed by atoms with E-state index in [1.807, 2.05) is 0 Å². The molecule has 1 heterocycles. The Balaban J connectivity index is 2.07. The van der Waals surface area contributed by atoms with E-state index in [9.17, 15) is 4.79 Å². The van der Waals surface area contributed by atoms with Crippen molar-refractivity contribution in [1.29, 1.82) is 0 Å². The van der Waals surface area contributed by atoms with E-state index in [4.69, 9.17) is 15.7 Å². The van der Waals surface area contributed by atoms with E-state index in [-0.39, 0.29) is 17.8 Å². The van der Waals surface area contributed by atoms with Gasteiger partial charge in [-0.1, -0.05) is 12.1 Å². The van der Waals surface area contributed by atoms with Crippen molar-refractivity contribution in [3.8, 4) is 0 Å². The molecule has 1 aliphatic heterocycles. The second kappa shape index (κ2) is 4.76. The summed E-state index contributed by atoms with van der Waals surface area (Å²) < 4.78 is 5.40. The molecule has 0 radical (unpaired) electrons. The van der Waals surface area contributed by atoms with Gasteiger partial charge in [-0.25, -0.2) is 0 Å². The third-order valence-electron chi connectivity index (χ3n) is 4.24. The summed E-state index contributed by atoms with van der Waals surface area (Å²) in [7, 11) is 1.67. The van der Waals surface area contributed by atoms with Crippen molar-refractivity contribution >= 4 is 11.7 Å². The van der Waals surface area contributed by atoms with Crippen LogP contribution in [-0.2, 0) is 9.53 Å². The number of nitrogens with two attached hydrogens (primary N) is 1. The summed E-state index contributed by atoms with van der Waals surface area (Å²) in [6.07, 6.45) is 2.35. The Kier molecular flexibility index (Phi) is 3.47. The van der Waals surface area contributed by atoms with E-state index in [2.05, 4.69) is 12.1 Å². The first-order valence-electron chi connectivity index (χ1n) is 6.35. The summed E-state index contributed by atoms with van der Waals surface area (Å²) in [5, 5.41) is 11.8. The second-order valence-corrected chi connectivity index (χ2v) is 5.36. The number of oxime groups is 1. The van der Waals surface area contributed by atoms with Crippen LogP contribution in [0, 0.1) is 11.3 Å². The number of carbonyl (C=O) groups excluding carboxylic acids is 1. The Hall–Kier alpha value is -1.30. The van der Waals surface area contributed by atoms with Gasteiger partial charge in [-0.2, -0.15) is 0 Å². The van der Waals surface area contributed by atoms with Gasteiger partial charge in [-0.3, -0.25) is 4.79 Å². The van der Waals surface area contributed by atoms with Gasteiger partial charge in [0.2, 0.25) is 5.91 Å². The monoisotopic (exact) mass is 255 g/mol. The highest BCUT2D eigenvalue weighted by Crippen LogP contribution is 2.47. The minimum atomic E-state index is -0.742. The molecule has 1 amide bonds. The summed E-state index contributed by atoms with van der Waals surface area (Å²) >= 11 is 0. The fourth-order valence-electron chi connectivity index (χ4n) is 2.63. The lowest BCUT2D eigenvalue weighted by molar-refractivity contribution is -0.139. The highest BCUT2D eigenvalue weighted by Gasteiger charge is 2.56. The Morgan fingerprint density at radius 2 is 2.22 bits per heavy atom. The number of methoxy groups -OCH3 is 1. The Morgan fingerprint density at radius 3 is 2.72 bits per heavy atom. The summed E-state index contributed by atoms with van der Waals surface area (Å²) in [6, 6.07) is 0. The molecule has 3 N–H and O–H groups in total. The number of ether oxygens (including phenoxy) is 1. The van der Waals surface area contributed by atoms with Crippen LogP contribution in [-0.4, -0.2) is 48.2 Å². The van der Waals surface area contributed by atoms with Gasteiger partial charge >= 0.3 is 0 Å². The molecular formula is C12H21N3O3. The van der Waals surface area contributed by atoms with Gasteiger partial charge in [0.25, 0.3) is 0 Å². The maximum atomic E-state index is 12.4. The van der Waals surface area contributed by atoms with Crippen LogP contribution in [0.4, 0.5) is 0 Å². The van der Waals surface area contributed by atoms with Crippen LogP contribution in [0.1, 0.15) is 26.2 Å². The molecule has 0 bridgehead atoms. The molecule has 0 aromatic rings. The SMILES string of the molecule is COC1CN(C(=O)C2(C(N)=NO)CC2)CCC1C. The fourth-order valence-corrected chi connectivity index (χ4v) is 2.63. The molecular weight excluding hydrogens is 234 g/mol. The lowest BCUT2D eigenvalue weighted by Crippen LogP contribution is -2.51. The maximum Gasteiger partial charge on any atom is 0.236 e. The van der Waals surface area contributed by atoms with Gasteiger partial charge in [0.1, 0.15) is 5.41 Å². The van der Waals surface area contributed by atoms with Crippen LogP contribution in [0.3, 0.4) is 0 Å². The fraction of sp³-hybridized carbons (Fsp3) is 0.833. The normalized spacial score (nSPS) is 31.2. The standard InChI is InChI=1S/C12H21N3O3/c1-8-3-6-15(7-9(8)18-2)11(16)12(4-5-12)10(13)14-17/h8-9,17H,3-7H2,1-2H3,(H2,13,14). The minimum absolute atomic E-state index is 0.0215. The smallest absolute Gasteiger partial charge is 0.236 e. The number of nitrogens with zero attached hydrogens (tertiary/aromatic N) is 2. The number of carbonyl (C=O) groups is 1. The number of amidine groups is 1. The molecule has 6 heteroatoms. The lowest BCUT2D eigenvalue weighted by Gasteiger charge is -2.37. The van der Waals surface area contributed by atoms with Crippen molar-refractivity contribution < 1.29 is 14.7 Å². The summed E-state index contributed by atoms with van der Waals surface area (Å²) in [5.74, 6) is 0.477. The van der Waals surface area contributed by atoms with Crippen molar-refractivity contribution in [3.05, 3.63) is 0 Å². The molecule has 2 rings (SSSR count). The second-order valence-electron chi connectivity index (χ2n) is 5.36. The quantitative estimate of drug-likeness (QED) is 0.330. The zero-order valence-corrected chi connectivity index (χ0v) is 10.9. The van der Waals surface area contributed by atoms with Crippen molar-refractivity contribution in [2.75, 3.05) is 20.2 Å². The third kappa shape index (κ3) is 2.05. The molecule has 102 valence electrons. The Labute approximate surface area is 107 Å². The minimum Gasteiger partial charge on any atom is -0.409 e. The van der Waals surface area contributed by atoms with E-state index in [1.165, 1.54) is 0 Å². The molecule has 6 nitrogen and oxygen atoms in total. The zero-order chi connectivity index (χ0) is 13.3. The van der Waals surface area contributed by atoms with Gasteiger partial charge in [0, 0.05) is 20.2 Å². The zero-order valence-electron chi connectivity index (χ0n) is 10.9. The predicted octanol–water partition coefficient (Wildman–Crippen LogP) is 0.396. The van der Waals surface area contributed by atoms with Gasteiger partial charge in [-0.15, -0.1) is 0 Å². The number of hydrogen-bond donors (Lipinski definition) is 2. The molecule has 1 saturated carbocycles. The van der Waals surface area contributed by atoms with Crippen LogP contribution in [0.2, 0.25) is 0 Å². The summed E-state index contributed by atoms with van der Waals surface area (Å²) in [5.41, 5.74) is 4.89. The third-order valence-corrected chi connectivity index (χ3v) is 4.24. The van der Waals surface area contributed by atoms with Crippen LogP contribution < -0.4 is 5.73 Å². The van der Waals surface area contributed by atoms with Gasteiger partial charge in [0.05, 0.1) is 6.10 Å². The molecule has 2 unspecified atom stereocenters. The number of rotatable bonds is 3. The Bertz CT molecular complexity index is 366. The van der Waals surface area contributed by atoms with Crippen molar-refractivity contribution in [2.24, 2.45) is 22.2 Å². The van der Waals surface area contributed by atoms with Crippen LogP contribution in [0.5, 0.6) is 0 Å². The highest BCUT2D eigenvalue weighted by atomic mass is 16.5. The van der Waals surface area contributed by atoms with Crippen LogP contribution >= 0.6 is 0 Å². The predicted molar refractivity (Wildman–Crippen MR) is 66.2 cm³/mol. The average Bonchev–Trinajstić information content (AvgIpc) is 3.19. The first-order valence-corrected chi connectivity index (χ1v) is 6.35. The molecule has 2 aliphatic rings. The topological polar surface area (TPSA) is 88.2 Å². The number of amides is 1. The first-order chi connectivity index (χ1) is 8.55. The molecule has 1 saturated heterocycles. The van der Waals surface area contributed by atoms with E-state index in [0.29, 0.717) is 25.3 Å². The number of likely N-dealkylation sites (tertiary alicyclic amines) is 1. The van der Waals surface area contributed by atoms with Crippen molar-refractivity contribution in [3.63, 3.8) is 0 Å². The van der Waals surface area contributed by atoms with E-state index < -0.39 is 5.41 Å². The summed E-state index contributed by atoms with van der Waals surface area (Å²) in [6.45, 7) is 3.45. The molecule has 0 aromatic heterocycles. The molecule has 2 fully saturated rings. The van der Waals surface area contributed by atoms with Crippen LogP contribution in [0.15, 0.2) is 5.16 Å². The maximum absolute atomic E-state index is 12.4. The summed E-state index contributed by atoms with van der Waals surface area (Å²) in [4.78, 5) is 14.2. The molecule has 0 spiro atoms. The van der Waals surface area contributed by atoms with Crippen molar-refractivity contribution in [1.82, 2.24) is 4.90 Å². The highest BCUT2D eigenvalue weighted by molar-refractivity contribution is 6.09. The lowest BCUT2D eigenvalue weighted by atomic mass is 9.93. The molecule has 2 atom stereocenters. The van der Waals surface area contributed by atoms with E-state index in [1.54, 1.807) is 12.0 Å². The largest absolute Gasteiger partial charge is 0.409 e. The van der Waals surface area contributed by atoms with Gasteiger partial charge < -0.3 is 20.6 Å². The van der Waals surface area contributed by atoms with E-state index in [0.717, 1.165) is 13.0 Å². The molecule has 1 aliphatic carbocycles. The van der Waals surface area contributed by atoms with Crippen molar-refractivity contribution in [2.45, 2.75) is 32.3 Å². The number of hydrogen-bond acceptors (Lipinski definition) is 4. The Morgan fingerprint density at radius 1 is 1.56 bits per heavy atom. The molecule has 0 aromatic carbocycles. The first kappa shape index (κ1) is 13.1. The number of piperidine rings is 1. The van der Waals surface area contributed by atoms with Gasteiger partial charge in [-0.05, 0) is 25.2 Å². The average molecular weight is 255 g/mol. The molecule has 18 heavy (non-hydrogen) atoms. The van der Waals surface area contributed by atoms with Gasteiger partial charge in [0.15, 0.2) is 5.84 Å². The van der Waals surface area contributed by atoms with E-state index >= 15 is 0 Å².